The van der Waals surface area contributed by atoms with Gasteiger partial charge in [0.25, 0.3) is 0 Å². The maximum absolute atomic E-state index is 6.28. The van der Waals surface area contributed by atoms with E-state index in [0.717, 1.165) is 65.4 Å². The Morgan fingerprint density at radius 3 is 2.49 bits per heavy atom. The third-order valence-electron chi connectivity index (χ3n) is 7.19. The molecule has 5 N–H and O–H groups in total. The SMILES string of the molecule is Nc1ncccc1-c1nc2ccc(-c3ccccc3)nc2n1-c1ccc(CNCC2CCC(N)C2)cc1. The van der Waals surface area contributed by atoms with E-state index in [0.29, 0.717) is 17.8 Å². The molecule has 6 rings (SSSR count). The first-order valence-corrected chi connectivity index (χ1v) is 12.9. The van der Waals surface area contributed by atoms with E-state index >= 15 is 0 Å². The molecule has 7 nitrogen and oxygen atoms in total. The van der Waals surface area contributed by atoms with Crippen LogP contribution in [0.4, 0.5) is 5.82 Å². The summed E-state index contributed by atoms with van der Waals surface area (Å²) >= 11 is 0. The number of nitrogen functional groups attached to an aromatic ring is 1. The molecule has 1 aliphatic carbocycles. The second kappa shape index (κ2) is 10.1. The zero-order valence-electron chi connectivity index (χ0n) is 20.7. The summed E-state index contributed by atoms with van der Waals surface area (Å²) in [7, 11) is 0. The quantitative estimate of drug-likeness (QED) is 0.299. The first-order valence-electron chi connectivity index (χ1n) is 12.9. The summed E-state index contributed by atoms with van der Waals surface area (Å²) in [5, 5.41) is 3.61. The van der Waals surface area contributed by atoms with Crippen molar-refractivity contribution in [3.8, 4) is 28.3 Å². The Labute approximate surface area is 216 Å². The van der Waals surface area contributed by atoms with Crippen LogP contribution in [0.25, 0.3) is 39.5 Å². The summed E-state index contributed by atoms with van der Waals surface area (Å²) in [6, 6.07) is 27.0. The van der Waals surface area contributed by atoms with Crippen molar-refractivity contribution in [3.05, 3.63) is 90.6 Å². The van der Waals surface area contributed by atoms with Crippen molar-refractivity contribution in [2.75, 3.05) is 12.3 Å². The van der Waals surface area contributed by atoms with Crippen molar-refractivity contribution < 1.29 is 0 Å². The number of imidazole rings is 1. The highest BCUT2D eigenvalue weighted by atomic mass is 15.1. The van der Waals surface area contributed by atoms with Crippen LogP contribution in [0.1, 0.15) is 24.8 Å². The molecule has 2 unspecified atom stereocenters. The van der Waals surface area contributed by atoms with E-state index in [1.807, 2.05) is 42.5 Å². The van der Waals surface area contributed by atoms with Crippen LogP contribution in [0.2, 0.25) is 0 Å². The third kappa shape index (κ3) is 4.83. The molecule has 186 valence electrons. The van der Waals surface area contributed by atoms with Crippen molar-refractivity contribution >= 4 is 17.0 Å². The molecule has 0 aliphatic heterocycles. The van der Waals surface area contributed by atoms with E-state index in [9.17, 15) is 0 Å². The van der Waals surface area contributed by atoms with Crippen molar-refractivity contribution in [2.45, 2.75) is 31.8 Å². The number of nitrogens with one attached hydrogen (secondary N) is 1. The molecular formula is C30H31N7. The minimum absolute atomic E-state index is 0.371. The number of hydrogen-bond donors (Lipinski definition) is 3. The predicted octanol–water partition coefficient (Wildman–Crippen LogP) is 4.95. The summed E-state index contributed by atoms with van der Waals surface area (Å²) in [5.41, 5.74) is 18.9. The molecule has 7 heteroatoms. The Kier molecular flexibility index (Phi) is 6.39. The molecule has 0 saturated heterocycles. The smallest absolute Gasteiger partial charge is 0.165 e. The van der Waals surface area contributed by atoms with E-state index in [-0.39, 0.29) is 0 Å². The zero-order chi connectivity index (χ0) is 25.2. The van der Waals surface area contributed by atoms with Gasteiger partial charge in [0.1, 0.15) is 11.3 Å². The van der Waals surface area contributed by atoms with Crippen LogP contribution in [-0.2, 0) is 6.54 Å². The highest BCUT2D eigenvalue weighted by Crippen LogP contribution is 2.31. The van der Waals surface area contributed by atoms with Gasteiger partial charge in [0.2, 0.25) is 0 Å². The predicted molar refractivity (Wildman–Crippen MR) is 149 cm³/mol. The van der Waals surface area contributed by atoms with Gasteiger partial charge in [-0.3, -0.25) is 4.57 Å². The molecule has 0 bridgehead atoms. The van der Waals surface area contributed by atoms with Crippen molar-refractivity contribution in [1.82, 2.24) is 24.8 Å². The number of rotatable bonds is 7. The number of anilines is 1. The Morgan fingerprint density at radius 2 is 1.73 bits per heavy atom. The van der Waals surface area contributed by atoms with Crippen LogP contribution in [0, 0.1) is 5.92 Å². The number of pyridine rings is 2. The normalized spacial score (nSPS) is 17.4. The second-order valence-electron chi connectivity index (χ2n) is 9.85. The lowest BCUT2D eigenvalue weighted by Gasteiger charge is -2.13. The number of fused-ring (bicyclic) bond motifs is 1. The first kappa shape index (κ1) is 23.3. The zero-order valence-corrected chi connectivity index (χ0v) is 20.7. The lowest BCUT2D eigenvalue weighted by molar-refractivity contribution is 0.482. The molecule has 0 amide bonds. The maximum atomic E-state index is 6.28. The number of hydrogen-bond acceptors (Lipinski definition) is 6. The topological polar surface area (TPSA) is 108 Å². The summed E-state index contributed by atoms with van der Waals surface area (Å²) in [6.45, 7) is 1.84. The van der Waals surface area contributed by atoms with Crippen LogP contribution in [-0.4, -0.2) is 32.1 Å². The Hall–Kier alpha value is -4.07. The van der Waals surface area contributed by atoms with Crippen LogP contribution in [0.3, 0.4) is 0 Å². The Morgan fingerprint density at radius 1 is 0.892 bits per heavy atom. The number of nitrogens with two attached hydrogens (primary N) is 2. The fraction of sp³-hybridized carbons (Fsp3) is 0.233. The second-order valence-corrected chi connectivity index (χ2v) is 9.85. The van der Waals surface area contributed by atoms with Crippen molar-refractivity contribution in [3.63, 3.8) is 0 Å². The van der Waals surface area contributed by atoms with Gasteiger partial charge >= 0.3 is 0 Å². The van der Waals surface area contributed by atoms with E-state index in [1.54, 1.807) is 6.20 Å². The molecule has 0 spiro atoms. The van der Waals surface area contributed by atoms with E-state index in [2.05, 4.69) is 51.3 Å². The molecule has 1 saturated carbocycles. The Bertz CT molecular complexity index is 1510. The van der Waals surface area contributed by atoms with Gasteiger partial charge in [0.05, 0.1) is 11.3 Å². The highest BCUT2D eigenvalue weighted by Gasteiger charge is 2.21. The summed E-state index contributed by atoms with van der Waals surface area (Å²) in [6.07, 6.45) is 5.18. The molecule has 2 aromatic carbocycles. The van der Waals surface area contributed by atoms with Gasteiger partial charge in [-0.05, 0) is 73.7 Å². The molecule has 1 aliphatic rings. The number of aromatic nitrogens is 4. The average molecular weight is 490 g/mol. The number of nitrogens with zero attached hydrogens (tertiary/aromatic N) is 4. The lowest BCUT2D eigenvalue weighted by atomic mass is 10.1. The van der Waals surface area contributed by atoms with Gasteiger partial charge in [-0.2, -0.15) is 0 Å². The summed E-state index contributed by atoms with van der Waals surface area (Å²) in [5.74, 6) is 1.85. The van der Waals surface area contributed by atoms with Gasteiger partial charge in [-0.1, -0.05) is 42.5 Å². The fourth-order valence-electron chi connectivity index (χ4n) is 5.24. The van der Waals surface area contributed by atoms with Gasteiger partial charge < -0.3 is 16.8 Å². The molecule has 3 aromatic heterocycles. The standard InChI is InChI=1S/C30H31N7/c31-23-11-8-21(17-23)19-33-18-20-9-12-24(13-10-20)37-29(25-7-4-16-34-28(25)32)36-27-15-14-26(35-30(27)37)22-5-2-1-3-6-22/h1-7,9-10,12-16,21,23,33H,8,11,17-19,31H2,(H2,32,34). The van der Waals surface area contributed by atoms with Gasteiger partial charge in [0, 0.05) is 30.0 Å². The monoisotopic (exact) mass is 489 g/mol. The van der Waals surface area contributed by atoms with E-state index in [4.69, 9.17) is 21.4 Å². The minimum Gasteiger partial charge on any atom is -0.383 e. The van der Waals surface area contributed by atoms with Crippen LogP contribution in [0.15, 0.2) is 85.1 Å². The van der Waals surface area contributed by atoms with Gasteiger partial charge in [0.15, 0.2) is 11.5 Å². The van der Waals surface area contributed by atoms with Crippen LogP contribution >= 0.6 is 0 Å². The lowest BCUT2D eigenvalue weighted by Crippen LogP contribution is -2.22. The first-order chi connectivity index (χ1) is 18.2. The molecule has 37 heavy (non-hydrogen) atoms. The number of benzene rings is 2. The average Bonchev–Trinajstić information content (AvgIpc) is 3.52. The molecule has 5 aromatic rings. The van der Waals surface area contributed by atoms with Gasteiger partial charge in [-0.25, -0.2) is 15.0 Å². The van der Waals surface area contributed by atoms with E-state index < -0.39 is 0 Å². The molecular weight excluding hydrogens is 458 g/mol. The van der Waals surface area contributed by atoms with Crippen molar-refractivity contribution in [1.29, 1.82) is 0 Å². The van der Waals surface area contributed by atoms with Crippen LogP contribution in [0.5, 0.6) is 0 Å². The molecule has 2 atom stereocenters. The maximum Gasteiger partial charge on any atom is 0.165 e. The minimum atomic E-state index is 0.371. The highest BCUT2D eigenvalue weighted by molar-refractivity contribution is 5.84. The Balaban J connectivity index is 1.36. The summed E-state index contributed by atoms with van der Waals surface area (Å²) in [4.78, 5) is 14.3. The molecule has 0 radical (unpaired) electrons. The molecule has 1 fully saturated rings. The van der Waals surface area contributed by atoms with Gasteiger partial charge in [-0.15, -0.1) is 0 Å². The van der Waals surface area contributed by atoms with Crippen molar-refractivity contribution in [2.24, 2.45) is 11.7 Å². The van der Waals surface area contributed by atoms with E-state index in [1.165, 1.54) is 12.0 Å². The third-order valence-corrected chi connectivity index (χ3v) is 7.19. The largest absolute Gasteiger partial charge is 0.383 e. The molecule has 3 heterocycles. The fourth-order valence-corrected chi connectivity index (χ4v) is 5.24. The van der Waals surface area contributed by atoms with Crippen LogP contribution < -0.4 is 16.8 Å². The summed E-state index contributed by atoms with van der Waals surface area (Å²) < 4.78 is 2.08.